The summed E-state index contributed by atoms with van der Waals surface area (Å²) in [6, 6.07) is 12.3. The highest BCUT2D eigenvalue weighted by atomic mass is 16.7. The molecule has 8 heteroatoms. The molecule has 0 bridgehead atoms. The van der Waals surface area contributed by atoms with Crippen molar-refractivity contribution >= 4 is 17.3 Å². The Morgan fingerprint density at radius 3 is 2.72 bits per heavy atom. The van der Waals surface area contributed by atoms with E-state index >= 15 is 0 Å². The first-order valence-electron chi connectivity index (χ1n) is 9.86. The van der Waals surface area contributed by atoms with Crippen molar-refractivity contribution in [3.8, 4) is 22.8 Å². The molecule has 29 heavy (non-hydrogen) atoms. The number of ether oxygens (including phenoxy) is 2. The first-order valence-corrected chi connectivity index (χ1v) is 9.86. The number of hydrogen-bond acceptors (Lipinski definition) is 7. The standard InChI is InChI=1S/C21H24N6O2/c1-27-8-6-15(7-9-27)23-16-3-5-20(22-12-16)24-21-11-17(25-26-21)14-2-4-18-19(10-14)29-13-28-18/h2-5,10-12,15,23H,6-9,13H2,1H3,(H2,22,24,25,26). The number of piperidine rings is 1. The lowest BCUT2D eigenvalue weighted by Crippen LogP contribution is -2.36. The number of benzene rings is 1. The van der Waals surface area contributed by atoms with Crippen LogP contribution >= 0.6 is 0 Å². The van der Waals surface area contributed by atoms with E-state index in [1.165, 1.54) is 0 Å². The highest BCUT2D eigenvalue weighted by Gasteiger charge is 2.17. The van der Waals surface area contributed by atoms with Crippen LogP contribution in [-0.2, 0) is 0 Å². The van der Waals surface area contributed by atoms with E-state index in [9.17, 15) is 0 Å². The average molecular weight is 392 g/mol. The third kappa shape index (κ3) is 3.97. The Kier molecular flexibility index (Phi) is 4.69. The SMILES string of the molecule is CN1CCC(Nc2ccc(Nc3cc(-c4ccc5c(c4)OCO5)[nH]n3)nc2)CC1. The smallest absolute Gasteiger partial charge is 0.231 e. The van der Waals surface area contributed by atoms with Gasteiger partial charge in [0.1, 0.15) is 5.82 Å². The number of H-pyrrole nitrogens is 1. The second-order valence-corrected chi connectivity index (χ2v) is 7.51. The van der Waals surface area contributed by atoms with Crippen LogP contribution in [0.5, 0.6) is 11.5 Å². The van der Waals surface area contributed by atoms with E-state index in [0.717, 1.165) is 60.2 Å². The van der Waals surface area contributed by atoms with Crippen molar-refractivity contribution in [2.24, 2.45) is 0 Å². The number of hydrogen-bond donors (Lipinski definition) is 3. The minimum atomic E-state index is 0.267. The molecule has 0 amide bonds. The molecule has 1 saturated heterocycles. The van der Waals surface area contributed by atoms with Crippen LogP contribution in [0.3, 0.4) is 0 Å². The normalized spacial score (nSPS) is 16.7. The summed E-state index contributed by atoms with van der Waals surface area (Å²) in [7, 11) is 2.17. The van der Waals surface area contributed by atoms with Gasteiger partial charge < -0.3 is 25.0 Å². The molecule has 8 nitrogen and oxygen atoms in total. The molecule has 0 unspecified atom stereocenters. The van der Waals surface area contributed by atoms with E-state index in [1.54, 1.807) is 0 Å². The lowest BCUT2D eigenvalue weighted by molar-refractivity contribution is 0.174. The predicted octanol–water partition coefficient (Wildman–Crippen LogP) is 3.45. The Bertz CT molecular complexity index is 979. The second kappa shape index (κ2) is 7.63. The van der Waals surface area contributed by atoms with Gasteiger partial charge in [-0.25, -0.2) is 4.98 Å². The lowest BCUT2D eigenvalue weighted by Gasteiger charge is -2.30. The van der Waals surface area contributed by atoms with Gasteiger partial charge in [-0.1, -0.05) is 0 Å². The van der Waals surface area contributed by atoms with Gasteiger partial charge in [0.2, 0.25) is 6.79 Å². The van der Waals surface area contributed by atoms with Gasteiger partial charge in [0.05, 0.1) is 17.6 Å². The number of pyridine rings is 1. The van der Waals surface area contributed by atoms with Crippen molar-refractivity contribution in [1.29, 1.82) is 0 Å². The summed E-state index contributed by atoms with van der Waals surface area (Å²) in [6.45, 7) is 2.54. The van der Waals surface area contributed by atoms with Gasteiger partial charge in [-0.3, -0.25) is 5.10 Å². The lowest BCUT2D eigenvalue weighted by atomic mass is 10.1. The molecule has 4 heterocycles. The van der Waals surface area contributed by atoms with E-state index in [1.807, 2.05) is 36.5 Å². The molecule has 3 aromatic rings. The topological polar surface area (TPSA) is 87.3 Å². The van der Waals surface area contributed by atoms with Crippen LogP contribution in [-0.4, -0.2) is 53.1 Å². The van der Waals surface area contributed by atoms with Crippen molar-refractivity contribution in [3.05, 3.63) is 42.6 Å². The van der Waals surface area contributed by atoms with Crippen LogP contribution in [0.4, 0.5) is 17.3 Å². The summed E-state index contributed by atoms with van der Waals surface area (Å²) in [5, 5.41) is 14.2. The third-order valence-corrected chi connectivity index (χ3v) is 5.37. The number of rotatable bonds is 5. The second-order valence-electron chi connectivity index (χ2n) is 7.51. The Morgan fingerprint density at radius 1 is 1.03 bits per heavy atom. The summed E-state index contributed by atoms with van der Waals surface area (Å²) in [5.41, 5.74) is 2.93. The van der Waals surface area contributed by atoms with E-state index in [4.69, 9.17) is 9.47 Å². The fourth-order valence-electron chi connectivity index (χ4n) is 3.67. The quantitative estimate of drug-likeness (QED) is 0.613. The molecule has 150 valence electrons. The van der Waals surface area contributed by atoms with E-state index in [-0.39, 0.29) is 6.79 Å². The Labute approximate surface area is 169 Å². The Balaban J connectivity index is 1.22. The molecule has 2 aliphatic rings. The fourth-order valence-corrected chi connectivity index (χ4v) is 3.67. The van der Waals surface area contributed by atoms with Crippen LogP contribution in [0.15, 0.2) is 42.6 Å². The van der Waals surface area contributed by atoms with Crippen molar-refractivity contribution in [2.75, 3.05) is 37.6 Å². The van der Waals surface area contributed by atoms with E-state index < -0.39 is 0 Å². The maximum absolute atomic E-state index is 5.44. The van der Waals surface area contributed by atoms with Gasteiger partial charge in [-0.05, 0) is 63.3 Å². The van der Waals surface area contributed by atoms with Crippen LogP contribution in [0, 0.1) is 0 Å². The van der Waals surface area contributed by atoms with Gasteiger partial charge in [-0.15, -0.1) is 0 Å². The van der Waals surface area contributed by atoms with Crippen LogP contribution < -0.4 is 20.1 Å². The summed E-state index contributed by atoms with van der Waals surface area (Å²) in [5.74, 6) is 2.98. The van der Waals surface area contributed by atoms with Crippen molar-refractivity contribution < 1.29 is 9.47 Å². The molecule has 0 atom stereocenters. The summed E-state index contributed by atoms with van der Waals surface area (Å²) < 4.78 is 10.8. The first kappa shape index (κ1) is 17.8. The molecule has 5 rings (SSSR count). The molecule has 0 aliphatic carbocycles. The molecule has 3 N–H and O–H groups in total. The molecule has 0 radical (unpaired) electrons. The number of aromatic amines is 1. The molecule has 0 saturated carbocycles. The summed E-state index contributed by atoms with van der Waals surface area (Å²) in [4.78, 5) is 6.88. The van der Waals surface area contributed by atoms with E-state index in [0.29, 0.717) is 11.9 Å². The zero-order valence-corrected chi connectivity index (χ0v) is 16.3. The molecule has 0 spiro atoms. The maximum atomic E-state index is 5.44. The zero-order valence-electron chi connectivity index (χ0n) is 16.3. The number of fused-ring (bicyclic) bond motifs is 1. The Morgan fingerprint density at radius 2 is 1.90 bits per heavy atom. The fraction of sp³-hybridized carbons (Fsp3) is 0.333. The maximum Gasteiger partial charge on any atom is 0.231 e. The largest absolute Gasteiger partial charge is 0.454 e. The summed E-state index contributed by atoms with van der Waals surface area (Å²) >= 11 is 0. The minimum absolute atomic E-state index is 0.267. The van der Waals surface area contributed by atoms with Gasteiger partial charge in [0.25, 0.3) is 0 Å². The van der Waals surface area contributed by atoms with E-state index in [2.05, 4.69) is 43.8 Å². The molecule has 2 aromatic heterocycles. The first-order chi connectivity index (χ1) is 14.2. The van der Waals surface area contributed by atoms with Gasteiger partial charge in [0.15, 0.2) is 17.3 Å². The highest BCUT2D eigenvalue weighted by molar-refractivity contribution is 5.68. The average Bonchev–Trinajstić information content (AvgIpc) is 3.40. The van der Waals surface area contributed by atoms with Crippen LogP contribution in [0.25, 0.3) is 11.3 Å². The molecule has 1 fully saturated rings. The zero-order chi connectivity index (χ0) is 19.6. The molecule has 1 aromatic carbocycles. The van der Waals surface area contributed by atoms with Crippen molar-refractivity contribution in [3.63, 3.8) is 0 Å². The van der Waals surface area contributed by atoms with Gasteiger partial charge >= 0.3 is 0 Å². The minimum Gasteiger partial charge on any atom is -0.454 e. The van der Waals surface area contributed by atoms with Crippen molar-refractivity contribution in [2.45, 2.75) is 18.9 Å². The van der Waals surface area contributed by atoms with Gasteiger partial charge in [-0.2, -0.15) is 5.10 Å². The number of anilines is 3. The highest BCUT2D eigenvalue weighted by Crippen LogP contribution is 2.35. The van der Waals surface area contributed by atoms with Crippen LogP contribution in [0.1, 0.15) is 12.8 Å². The molecule has 2 aliphatic heterocycles. The molecular weight excluding hydrogens is 368 g/mol. The number of likely N-dealkylation sites (tertiary alicyclic amines) is 1. The number of aromatic nitrogens is 3. The third-order valence-electron chi connectivity index (χ3n) is 5.37. The Hall–Kier alpha value is -3.26. The van der Waals surface area contributed by atoms with Crippen LogP contribution in [0.2, 0.25) is 0 Å². The van der Waals surface area contributed by atoms with Gasteiger partial charge in [0, 0.05) is 17.7 Å². The predicted molar refractivity (Wildman–Crippen MR) is 112 cm³/mol. The van der Waals surface area contributed by atoms with Crippen molar-refractivity contribution in [1.82, 2.24) is 20.1 Å². The summed E-state index contributed by atoms with van der Waals surface area (Å²) in [6.07, 6.45) is 4.19. The molecular formula is C21H24N6O2. The monoisotopic (exact) mass is 392 g/mol. The number of nitrogens with one attached hydrogen (secondary N) is 3. The number of nitrogens with zero attached hydrogens (tertiary/aromatic N) is 3.